The molecular weight excluding hydrogens is 408 g/mol. The SMILES string of the molecule is COc1ccc(NC(=O)/C(C#N)=C/c2ccc(-c3ccccc3Br)o2)cc1. The van der Waals surface area contributed by atoms with Gasteiger partial charge in [-0.25, -0.2) is 0 Å². The summed E-state index contributed by atoms with van der Waals surface area (Å²) in [5, 5.41) is 12.0. The van der Waals surface area contributed by atoms with Gasteiger partial charge in [0.25, 0.3) is 5.91 Å². The number of halogens is 1. The number of methoxy groups -OCH3 is 1. The van der Waals surface area contributed by atoms with Gasteiger partial charge in [0.2, 0.25) is 0 Å². The number of carbonyl (C=O) groups excluding carboxylic acids is 1. The quantitative estimate of drug-likeness (QED) is 0.449. The Labute approximate surface area is 165 Å². The summed E-state index contributed by atoms with van der Waals surface area (Å²) in [7, 11) is 1.57. The van der Waals surface area contributed by atoms with Gasteiger partial charge in [-0.1, -0.05) is 34.1 Å². The normalized spacial score (nSPS) is 10.9. The largest absolute Gasteiger partial charge is 0.497 e. The fraction of sp³-hybridized carbons (Fsp3) is 0.0476. The zero-order valence-electron chi connectivity index (χ0n) is 14.4. The number of rotatable bonds is 5. The van der Waals surface area contributed by atoms with E-state index in [0.29, 0.717) is 23.0 Å². The first-order chi connectivity index (χ1) is 13.1. The Hall–Kier alpha value is -3.30. The number of carbonyl (C=O) groups is 1. The van der Waals surface area contributed by atoms with Crippen LogP contribution in [0, 0.1) is 11.3 Å². The summed E-state index contributed by atoms with van der Waals surface area (Å²) >= 11 is 3.48. The minimum absolute atomic E-state index is 0.0566. The lowest BCUT2D eigenvalue weighted by atomic mass is 10.2. The fourth-order valence-corrected chi connectivity index (χ4v) is 2.88. The predicted octanol–water partition coefficient (Wildman–Crippen LogP) is 5.26. The minimum atomic E-state index is -0.512. The maximum atomic E-state index is 12.4. The molecule has 0 aliphatic heterocycles. The van der Waals surface area contributed by atoms with E-state index in [1.54, 1.807) is 43.5 Å². The standard InChI is InChI=1S/C21H15BrN2O3/c1-26-16-8-6-15(7-9-16)24-21(25)14(13-23)12-17-10-11-20(27-17)18-4-2-3-5-19(18)22/h2-12H,1H3,(H,24,25)/b14-12+. The molecule has 2 aromatic carbocycles. The average Bonchev–Trinajstić information content (AvgIpc) is 3.15. The first kappa shape index (κ1) is 18.5. The highest BCUT2D eigenvalue weighted by Crippen LogP contribution is 2.30. The Morgan fingerprint density at radius 1 is 1.15 bits per heavy atom. The summed E-state index contributed by atoms with van der Waals surface area (Å²) in [6.45, 7) is 0. The molecule has 27 heavy (non-hydrogen) atoms. The number of hydrogen-bond acceptors (Lipinski definition) is 4. The number of amides is 1. The van der Waals surface area contributed by atoms with Crippen molar-refractivity contribution in [1.82, 2.24) is 0 Å². The average molecular weight is 423 g/mol. The van der Waals surface area contributed by atoms with E-state index in [1.807, 2.05) is 30.3 Å². The van der Waals surface area contributed by atoms with Gasteiger partial charge in [-0.2, -0.15) is 5.26 Å². The molecule has 0 unspecified atom stereocenters. The Balaban J connectivity index is 1.79. The minimum Gasteiger partial charge on any atom is -0.497 e. The highest BCUT2D eigenvalue weighted by Gasteiger charge is 2.12. The first-order valence-electron chi connectivity index (χ1n) is 8.02. The van der Waals surface area contributed by atoms with Crippen LogP contribution < -0.4 is 10.1 Å². The van der Waals surface area contributed by atoms with Crippen LogP contribution in [0.25, 0.3) is 17.4 Å². The lowest BCUT2D eigenvalue weighted by molar-refractivity contribution is -0.112. The Bertz CT molecular complexity index is 1030. The van der Waals surface area contributed by atoms with Crippen LogP contribution in [0.2, 0.25) is 0 Å². The molecule has 0 spiro atoms. The third-order valence-electron chi connectivity index (χ3n) is 3.77. The van der Waals surface area contributed by atoms with Crippen LogP contribution in [0.5, 0.6) is 5.75 Å². The third kappa shape index (κ3) is 4.46. The van der Waals surface area contributed by atoms with Crippen molar-refractivity contribution in [2.75, 3.05) is 12.4 Å². The highest BCUT2D eigenvalue weighted by molar-refractivity contribution is 9.10. The van der Waals surface area contributed by atoms with Crippen molar-refractivity contribution < 1.29 is 13.9 Å². The number of nitriles is 1. The molecule has 0 saturated heterocycles. The Kier molecular flexibility index (Phi) is 5.74. The molecule has 3 aromatic rings. The molecule has 0 aliphatic carbocycles. The van der Waals surface area contributed by atoms with Gasteiger partial charge in [0.05, 0.1) is 7.11 Å². The molecule has 0 saturated carbocycles. The Morgan fingerprint density at radius 3 is 2.56 bits per heavy atom. The topological polar surface area (TPSA) is 75.3 Å². The maximum Gasteiger partial charge on any atom is 0.266 e. The van der Waals surface area contributed by atoms with Crippen LogP contribution in [0.4, 0.5) is 5.69 Å². The molecule has 1 N–H and O–H groups in total. The number of nitrogens with zero attached hydrogens (tertiary/aromatic N) is 1. The van der Waals surface area contributed by atoms with E-state index < -0.39 is 5.91 Å². The number of nitrogens with one attached hydrogen (secondary N) is 1. The van der Waals surface area contributed by atoms with E-state index in [0.717, 1.165) is 10.0 Å². The lowest BCUT2D eigenvalue weighted by Crippen LogP contribution is -2.13. The highest BCUT2D eigenvalue weighted by atomic mass is 79.9. The monoisotopic (exact) mass is 422 g/mol. The molecule has 5 nitrogen and oxygen atoms in total. The molecule has 0 aliphatic rings. The molecule has 0 atom stereocenters. The number of furan rings is 1. The number of benzene rings is 2. The van der Waals surface area contributed by atoms with Gasteiger partial charge < -0.3 is 14.5 Å². The van der Waals surface area contributed by atoms with Gasteiger partial charge in [-0.3, -0.25) is 4.79 Å². The molecule has 1 heterocycles. The van der Waals surface area contributed by atoms with E-state index in [4.69, 9.17) is 9.15 Å². The Morgan fingerprint density at radius 2 is 1.89 bits per heavy atom. The third-order valence-corrected chi connectivity index (χ3v) is 4.46. The summed E-state index contributed by atoms with van der Waals surface area (Å²) in [6.07, 6.45) is 1.42. The summed E-state index contributed by atoms with van der Waals surface area (Å²) in [5.74, 6) is 1.23. The second-order valence-electron chi connectivity index (χ2n) is 5.53. The molecular formula is C21H15BrN2O3. The summed E-state index contributed by atoms with van der Waals surface area (Å²) in [6, 6.07) is 19.9. The van der Waals surface area contributed by atoms with Crippen molar-refractivity contribution in [2.24, 2.45) is 0 Å². The predicted molar refractivity (Wildman–Crippen MR) is 107 cm³/mol. The van der Waals surface area contributed by atoms with Crippen molar-refractivity contribution in [2.45, 2.75) is 0 Å². The lowest BCUT2D eigenvalue weighted by Gasteiger charge is -2.05. The fourth-order valence-electron chi connectivity index (χ4n) is 2.40. The van der Waals surface area contributed by atoms with Crippen LogP contribution in [0.1, 0.15) is 5.76 Å². The van der Waals surface area contributed by atoms with E-state index in [1.165, 1.54) is 6.08 Å². The van der Waals surface area contributed by atoms with Gasteiger partial charge in [0, 0.05) is 21.8 Å². The number of hydrogen-bond donors (Lipinski definition) is 1. The van der Waals surface area contributed by atoms with Crippen molar-refractivity contribution in [3.8, 4) is 23.1 Å². The van der Waals surface area contributed by atoms with Gasteiger partial charge in [0.15, 0.2) is 0 Å². The van der Waals surface area contributed by atoms with Crippen LogP contribution in [0.15, 0.2) is 75.1 Å². The molecule has 134 valence electrons. The van der Waals surface area contributed by atoms with E-state index >= 15 is 0 Å². The van der Waals surface area contributed by atoms with Gasteiger partial charge in [-0.05, 0) is 42.5 Å². The van der Waals surface area contributed by atoms with E-state index in [2.05, 4.69) is 21.2 Å². The smallest absolute Gasteiger partial charge is 0.266 e. The molecule has 3 rings (SSSR count). The zero-order chi connectivity index (χ0) is 19.2. The maximum absolute atomic E-state index is 12.4. The van der Waals surface area contributed by atoms with Crippen LogP contribution in [-0.2, 0) is 4.79 Å². The second kappa shape index (κ2) is 8.39. The second-order valence-corrected chi connectivity index (χ2v) is 6.39. The van der Waals surface area contributed by atoms with Crippen LogP contribution in [-0.4, -0.2) is 13.0 Å². The summed E-state index contributed by atoms with van der Waals surface area (Å²) < 4.78 is 11.7. The summed E-state index contributed by atoms with van der Waals surface area (Å²) in [4.78, 5) is 12.4. The van der Waals surface area contributed by atoms with Crippen molar-refractivity contribution in [1.29, 1.82) is 5.26 Å². The van der Waals surface area contributed by atoms with Crippen molar-refractivity contribution in [3.05, 3.63) is 76.5 Å². The van der Waals surface area contributed by atoms with E-state index in [-0.39, 0.29) is 5.57 Å². The van der Waals surface area contributed by atoms with Crippen LogP contribution >= 0.6 is 15.9 Å². The molecule has 6 heteroatoms. The first-order valence-corrected chi connectivity index (χ1v) is 8.82. The van der Waals surface area contributed by atoms with Gasteiger partial charge >= 0.3 is 0 Å². The van der Waals surface area contributed by atoms with Crippen molar-refractivity contribution in [3.63, 3.8) is 0 Å². The molecule has 0 bridgehead atoms. The van der Waals surface area contributed by atoms with Gasteiger partial charge in [-0.15, -0.1) is 0 Å². The number of anilines is 1. The van der Waals surface area contributed by atoms with Crippen LogP contribution in [0.3, 0.4) is 0 Å². The molecule has 0 fully saturated rings. The molecule has 1 amide bonds. The molecule has 1 aromatic heterocycles. The van der Waals surface area contributed by atoms with Crippen molar-refractivity contribution >= 4 is 33.6 Å². The summed E-state index contributed by atoms with van der Waals surface area (Å²) in [5.41, 5.74) is 1.40. The van der Waals surface area contributed by atoms with E-state index in [9.17, 15) is 10.1 Å². The zero-order valence-corrected chi connectivity index (χ0v) is 16.0. The number of ether oxygens (including phenoxy) is 1. The molecule has 0 radical (unpaired) electrons. The van der Waals surface area contributed by atoms with Gasteiger partial charge in [0.1, 0.15) is 28.9 Å².